The van der Waals surface area contributed by atoms with Gasteiger partial charge in [-0.15, -0.1) is 0 Å². The maximum Gasteiger partial charge on any atom is 0.269 e. The van der Waals surface area contributed by atoms with Gasteiger partial charge in [-0.05, 0) is 37.5 Å². The number of Topliss-reactive ketones (excluding diaryl/α,β-unsaturated/α-hetero) is 1. The zero-order chi connectivity index (χ0) is 21.0. The van der Waals surface area contributed by atoms with Crippen LogP contribution in [0.2, 0.25) is 5.02 Å². The van der Waals surface area contributed by atoms with Crippen LogP contribution in [0.15, 0.2) is 48.5 Å². The number of carbonyl (C=O) groups excluding carboxylic acids is 2. The summed E-state index contributed by atoms with van der Waals surface area (Å²) in [6.07, 6.45) is 2.46. The number of hydrogen-bond donors (Lipinski definition) is 0. The molecule has 1 fully saturated rings. The second kappa shape index (κ2) is 8.61. The standard InChI is InChI=1S/C21H21ClN2O5/c1-23(20(26)14-29-16-11-9-15(10-12-16)24(27)28)21(13-5-4-8-19(21)25)17-6-2-3-7-18(17)22/h2-3,6-7,9-12H,4-5,8,13-14H2,1H3/t21-/m0/s1. The number of benzene rings is 2. The molecule has 0 radical (unpaired) electrons. The molecular weight excluding hydrogens is 396 g/mol. The fourth-order valence-corrected chi connectivity index (χ4v) is 4.04. The molecule has 29 heavy (non-hydrogen) atoms. The number of carbonyl (C=O) groups is 2. The molecule has 0 heterocycles. The maximum absolute atomic E-state index is 13.0. The van der Waals surface area contributed by atoms with E-state index in [2.05, 4.69) is 0 Å². The molecule has 1 aliphatic rings. The fraction of sp³-hybridized carbons (Fsp3) is 0.333. The molecule has 3 rings (SSSR count). The highest BCUT2D eigenvalue weighted by molar-refractivity contribution is 6.31. The van der Waals surface area contributed by atoms with E-state index in [1.807, 2.05) is 0 Å². The number of nitro benzene ring substituents is 1. The molecule has 0 unspecified atom stereocenters. The third-order valence-corrected chi connectivity index (χ3v) is 5.66. The normalized spacial score (nSPS) is 18.9. The van der Waals surface area contributed by atoms with Crippen molar-refractivity contribution in [1.82, 2.24) is 4.90 Å². The van der Waals surface area contributed by atoms with Crippen molar-refractivity contribution in [2.45, 2.75) is 31.2 Å². The summed E-state index contributed by atoms with van der Waals surface area (Å²) in [5.41, 5.74) is -0.559. The van der Waals surface area contributed by atoms with Crippen LogP contribution in [0.4, 0.5) is 5.69 Å². The van der Waals surface area contributed by atoms with E-state index in [-0.39, 0.29) is 24.0 Å². The number of halogens is 1. The van der Waals surface area contributed by atoms with E-state index < -0.39 is 10.5 Å². The summed E-state index contributed by atoms with van der Waals surface area (Å²) in [6.45, 7) is -0.298. The molecule has 152 valence electrons. The summed E-state index contributed by atoms with van der Waals surface area (Å²) in [7, 11) is 1.59. The van der Waals surface area contributed by atoms with Crippen LogP contribution in [0.1, 0.15) is 31.2 Å². The molecule has 2 aromatic rings. The number of amides is 1. The smallest absolute Gasteiger partial charge is 0.269 e. The molecule has 1 aliphatic carbocycles. The van der Waals surface area contributed by atoms with Crippen LogP contribution >= 0.6 is 11.6 Å². The van der Waals surface area contributed by atoms with Gasteiger partial charge in [-0.3, -0.25) is 19.7 Å². The van der Waals surface area contributed by atoms with Gasteiger partial charge >= 0.3 is 0 Å². The van der Waals surface area contributed by atoms with Gasteiger partial charge in [-0.1, -0.05) is 29.8 Å². The zero-order valence-electron chi connectivity index (χ0n) is 16.0. The first-order valence-electron chi connectivity index (χ1n) is 9.28. The second-order valence-electron chi connectivity index (χ2n) is 6.96. The molecule has 0 spiro atoms. The van der Waals surface area contributed by atoms with Crippen LogP contribution in [0.5, 0.6) is 5.75 Å². The van der Waals surface area contributed by atoms with Crippen molar-refractivity contribution >= 4 is 29.0 Å². The van der Waals surface area contributed by atoms with Crippen molar-refractivity contribution in [3.63, 3.8) is 0 Å². The molecule has 2 aromatic carbocycles. The number of ketones is 1. The van der Waals surface area contributed by atoms with Crippen molar-refractivity contribution < 1.29 is 19.2 Å². The van der Waals surface area contributed by atoms with Crippen LogP contribution in [0.25, 0.3) is 0 Å². The van der Waals surface area contributed by atoms with E-state index in [9.17, 15) is 19.7 Å². The Morgan fingerprint density at radius 3 is 2.52 bits per heavy atom. The summed E-state index contributed by atoms with van der Waals surface area (Å²) in [5.74, 6) is -0.0827. The van der Waals surface area contributed by atoms with E-state index in [1.165, 1.54) is 29.2 Å². The Kier molecular flexibility index (Phi) is 6.17. The maximum atomic E-state index is 13.0. The Morgan fingerprint density at radius 1 is 1.21 bits per heavy atom. The molecule has 0 aliphatic heterocycles. The molecule has 0 bridgehead atoms. The van der Waals surface area contributed by atoms with Crippen LogP contribution in [0, 0.1) is 10.1 Å². The summed E-state index contributed by atoms with van der Waals surface area (Å²) in [5, 5.41) is 11.2. The Hall–Kier alpha value is -2.93. The lowest BCUT2D eigenvalue weighted by atomic mass is 9.74. The summed E-state index contributed by atoms with van der Waals surface area (Å²) in [6, 6.07) is 12.6. The van der Waals surface area contributed by atoms with Gasteiger partial charge in [0.05, 0.1) is 4.92 Å². The van der Waals surface area contributed by atoms with Crippen LogP contribution in [-0.2, 0) is 15.1 Å². The van der Waals surface area contributed by atoms with Crippen LogP contribution in [0.3, 0.4) is 0 Å². The molecule has 1 saturated carbocycles. The highest BCUT2D eigenvalue weighted by atomic mass is 35.5. The third kappa shape index (κ3) is 4.10. The Bertz CT molecular complexity index is 931. The summed E-state index contributed by atoms with van der Waals surface area (Å²) in [4.78, 5) is 37.6. The predicted molar refractivity (Wildman–Crippen MR) is 108 cm³/mol. The molecule has 1 amide bonds. The van der Waals surface area contributed by atoms with Gasteiger partial charge < -0.3 is 9.64 Å². The molecule has 0 saturated heterocycles. The van der Waals surface area contributed by atoms with Gasteiger partial charge in [0.25, 0.3) is 11.6 Å². The topological polar surface area (TPSA) is 89.8 Å². The first-order chi connectivity index (χ1) is 13.9. The van der Waals surface area contributed by atoms with Gasteiger partial charge in [0, 0.05) is 36.2 Å². The lowest BCUT2D eigenvalue weighted by molar-refractivity contribution is -0.384. The van der Waals surface area contributed by atoms with E-state index in [0.717, 1.165) is 12.8 Å². The van der Waals surface area contributed by atoms with E-state index in [4.69, 9.17) is 16.3 Å². The first kappa shape index (κ1) is 20.8. The van der Waals surface area contributed by atoms with E-state index >= 15 is 0 Å². The van der Waals surface area contributed by atoms with Crippen molar-refractivity contribution in [3.05, 3.63) is 69.2 Å². The highest BCUT2D eigenvalue weighted by Crippen LogP contribution is 2.42. The molecule has 0 aromatic heterocycles. The first-order valence-corrected chi connectivity index (χ1v) is 9.66. The minimum Gasteiger partial charge on any atom is -0.484 e. The number of likely N-dealkylation sites (N-methyl/N-ethyl adjacent to an activating group) is 1. The van der Waals surface area contributed by atoms with Gasteiger partial charge in [0.1, 0.15) is 11.3 Å². The zero-order valence-corrected chi connectivity index (χ0v) is 16.7. The lowest BCUT2D eigenvalue weighted by Crippen LogP contribution is -2.55. The number of nitro groups is 1. The second-order valence-corrected chi connectivity index (χ2v) is 7.37. The highest BCUT2D eigenvalue weighted by Gasteiger charge is 2.47. The Morgan fingerprint density at radius 2 is 1.90 bits per heavy atom. The van der Waals surface area contributed by atoms with Gasteiger partial charge in [-0.2, -0.15) is 0 Å². The number of rotatable bonds is 6. The molecule has 8 heteroatoms. The van der Waals surface area contributed by atoms with Crippen LogP contribution in [-0.4, -0.2) is 35.2 Å². The summed E-state index contributed by atoms with van der Waals surface area (Å²) < 4.78 is 5.50. The van der Waals surface area contributed by atoms with Gasteiger partial charge in [0.15, 0.2) is 12.4 Å². The Labute approximate surface area is 173 Å². The van der Waals surface area contributed by atoms with E-state index in [1.54, 1.807) is 31.3 Å². The van der Waals surface area contributed by atoms with Crippen molar-refractivity contribution in [2.75, 3.05) is 13.7 Å². The number of nitrogens with zero attached hydrogens (tertiary/aromatic N) is 2. The largest absolute Gasteiger partial charge is 0.484 e. The predicted octanol–water partition coefficient (Wildman–Crippen LogP) is 4.12. The monoisotopic (exact) mass is 416 g/mol. The van der Waals surface area contributed by atoms with Gasteiger partial charge in [0.2, 0.25) is 0 Å². The lowest BCUT2D eigenvalue weighted by Gasteiger charge is -2.43. The molecule has 0 N–H and O–H groups in total. The van der Waals surface area contributed by atoms with Crippen LogP contribution < -0.4 is 4.74 Å². The van der Waals surface area contributed by atoms with Crippen molar-refractivity contribution in [3.8, 4) is 5.75 Å². The fourth-order valence-electron chi connectivity index (χ4n) is 3.75. The number of hydrogen-bond acceptors (Lipinski definition) is 5. The molecular formula is C21H21ClN2O5. The minimum atomic E-state index is -1.12. The third-order valence-electron chi connectivity index (χ3n) is 5.33. The SMILES string of the molecule is CN(C(=O)COc1ccc([N+](=O)[O-])cc1)[C@]1(c2ccccc2Cl)CCCCC1=O. The quantitative estimate of drug-likeness (QED) is 0.521. The molecule has 7 nitrogen and oxygen atoms in total. The number of ether oxygens (including phenoxy) is 1. The molecule has 1 atom stereocenters. The van der Waals surface area contributed by atoms with Crippen molar-refractivity contribution in [2.24, 2.45) is 0 Å². The Balaban J connectivity index is 1.81. The van der Waals surface area contributed by atoms with Gasteiger partial charge in [-0.25, -0.2) is 0 Å². The van der Waals surface area contributed by atoms with Crippen molar-refractivity contribution in [1.29, 1.82) is 0 Å². The van der Waals surface area contributed by atoms with E-state index in [0.29, 0.717) is 29.2 Å². The number of non-ortho nitro benzene ring substituents is 1. The minimum absolute atomic E-state index is 0.0389. The average Bonchev–Trinajstić information content (AvgIpc) is 2.73. The summed E-state index contributed by atoms with van der Waals surface area (Å²) >= 11 is 6.40. The average molecular weight is 417 g/mol.